The average Bonchev–Trinajstić information content (AvgIpc) is 3.11. The standard InChI is InChI=1S/C22H23FN4OS/c1-4-13-27-21(22(28)24-18-9-5-16(6-10-18)15(2)3)20(25-26-27)14-29-19-11-7-17(23)8-12-19/h4-12,15H,1,13-14H2,2-3H3,(H,24,28). The van der Waals surface area contributed by atoms with Crippen molar-refractivity contribution in [3.05, 3.63) is 84.0 Å². The monoisotopic (exact) mass is 410 g/mol. The van der Waals surface area contributed by atoms with Crippen molar-refractivity contribution in [3.8, 4) is 0 Å². The quantitative estimate of drug-likeness (QED) is 0.406. The fourth-order valence-corrected chi connectivity index (χ4v) is 3.60. The van der Waals surface area contributed by atoms with E-state index in [1.165, 1.54) is 34.1 Å². The molecule has 0 radical (unpaired) electrons. The van der Waals surface area contributed by atoms with E-state index < -0.39 is 0 Å². The molecule has 0 aliphatic rings. The third-order valence-electron chi connectivity index (χ3n) is 4.35. The van der Waals surface area contributed by atoms with Crippen molar-refractivity contribution in [3.63, 3.8) is 0 Å². The van der Waals surface area contributed by atoms with Gasteiger partial charge in [-0.2, -0.15) is 0 Å². The predicted octanol–water partition coefficient (Wildman–Crippen LogP) is 5.27. The van der Waals surface area contributed by atoms with Gasteiger partial charge in [0.15, 0.2) is 5.69 Å². The summed E-state index contributed by atoms with van der Waals surface area (Å²) in [5.74, 6) is 0.310. The van der Waals surface area contributed by atoms with Gasteiger partial charge in [-0.1, -0.05) is 37.3 Å². The minimum Gasteiger partial charge on any atom is -0.321 e. The maximum atomic E-state index is 13.1. The van der Waals surface area contributed by atoms with E-state index in [9.17, 15) is 9.18 Å². The molecule has 1 heterocycles. The van der Waals surface area contributed by atoms with Crippen LogP contribution in [0.3, 0.4) is 0 Å². The zero-order valence-corrected chi connectivity index (χ0v) is 17.2. The molecule has 0 fully saturated rings. The normalized spacial score (nSPS) is 10.9. The van der Waals surface area contributed by atoms with E-state index in [4.69, 9.17) is 0 Å². The van der Waals surface area contributed by atoms with Gasteiger partial charge < -0.3 is 5.32 Å². The summed E-state index contributed by atoms with van der Waals surface area (Å²) < 4.78 is 14.6. The van der Waals surface area contributed by atoms with Gasteiger partial charge >= 0.3 is 0 Å². The molecule has 29 heavy (non-hydrogen) atoms. The molecule has 3 aromatic rings. The average molecular weight is 411 g/mol. The van der Waals surface area contributed by atoms with Gasteiger partial charge in [-0.3, -0.25) is 4.79 Å². The second-order valence-corrected chi connectivity index (χ2v) is 7.88. The number of allylic oxidation sites excluding steroid dienone is 1. The molecule has 2 aromatic carbocycles. The lowest BCUT2D eigenvalue weighted by atomic mass is 10.0. The molecule has 7 heteroatoms. The number of carbonyl (C=O) groups excluding carboxylic acids is 1. The molecule has 3 rings (SSSR count). The van der Waals surface area contributed by atoms with E-state index in [-0.39, 0.29) is 11.7 Å². The van der Waals surface area contributed by atoms with Gasteiger partial charge in [0.25, 0.3) is 5.91 Å². The molecule has 0 saturated carbocycles. The number of thioether (sulfide) groups is 1. The maximum Gasteiger partial charge on any atom is 0.275 e. The Morgan fingerprint density at radius 1 is 1.21 bits per heavy atom. The van der Waals surface area contributed by atoms with Gasteiger partial charge in [-0.05, 0) is 47.9 Å². The Kier molecular flexibility index (Phi) is 6.82. The molecular weight excluding hydrogens is 387 g/mol. The molecular formula is C22H23FN4OS. The lowest BCUT2D eigenvalue weighted by Crippen LogP contribution is -2.19. The van der Waals surface area contributed by atoms with E-state index in [0.29, 0.717) is 35.3 Å². The van der Waals surface area contributed by atoms with Crippen LogP contribution >= 0.6 is 11.8 Å². The van der Waals surface area contributed by atoms with Crippen LogP contribution in [-0.2, 0) is 12.3 Å². The Bertz CT molecular complexity index is 981. The fraction of sp³-hybridized carbons (Fsp3) is 0.227. The highest BCUT2D eigenvalue weighted by molar-refractivity contribution is 7.98. The summed E-state index contributed by atoms with van der Waals surface area (Å²) in [6.45, 7) is 8.34. The number of amides is 1. The van der Waals surface area contributed by atoms with Crippen molar-refractivity contribution in [2.24, 2.45) is 0 Å². The van der Waals surface area contributed by atoms with Gasteiger partial charge in [0.1, 0.15) is 11.5 Å². The molecule has 0 bridgehead atoms. The Morgan fingerprint density at radius 2 is 1.90 bits per heavy atom. The first-order chi connectivity index (χ1) is 14.0. The molecule has 0 saturated heterocycles. The number of halogens is 1. The van der Waals surface area contributed by atoms with E-state index in [0.717, 1.165) is 4.90 Å². The highest BCUT2D eigenvalue weighted by Crippen LogP contribution is 2.24. The number of carbonyl (C=O) groups is 1. The molecule has 0 atom stereocenters. The molecule has 1 aromatic heterocycles. The van der Waals surface area contributed by atoms with Crippen molar-refractivity contribution >= 4 is 23.4 Å². The number of rotatable bonds is 8. The first kappa shape index (κ1) is 20.8. The summed E-state index contributed by atoms with van der Waals surface area (Å²) >= 11 is 1.47. The van der Waals surface area contributed by atoms with E-state index >= 15 is 0 Å². The van der Waals surface area contributed by atoms with Crippen LogP contribution in [0.1, 0.15) is 41.5 Å². The van der Waals surface area contributed by atoms with Crippen LogP contribution in [0.5, 0.6) is 0 Å². The third-order valence-corrected chi connectivity index (χ3v) is 5.37. The van der Waals surface area contributed by atoms with Crippen molar-refractivity contribution < 1.29 is 9.18 Å². The summed E-state index contributed by atoms with van der Waals surface area (Å²) in [6.07, 6.45) is 1.67. The molecule has 0 aliphatic carbocycles. The zero-order chi connectivity index (χ0) is 20.8. The number of nitrogens with one attached hydrogen (secondary N) is 1. The van der Waals surface area contributed by atoms with E-state index in [1.807, 2.05) is 24.3 Å². The van der Waals surface area contributed by atoms with Gasteiger partial charge in [0.05, 0.1) is 6.54 Å². The predicted molar refractivity (Wildman–Crippen MR) is 115 cm³/mol. The second-order valence-electron chi connectivity index (χ2n) is 6.83. The summed E-state index contributed by atoms with van der Waals surface area (Å²) in [5.41, 5.74) is 2.88. The number of nitrogens with zero attached hydrogens (tertiary/aromatic N) is 3. The SMILES string of the molecule is C=CCn1nnc(CSc2ccc(F)cc2)c1C(=O)Nc1ccc(C(C)C)cc1. The Morgan fingerprint density at radius 3 is 2.52 bits per heavy atom. The first-order valence-corrected chi connectivity index (χ1v) is 10.3. The molecule has 0 aliphatic heterocycles. The van der Waals surface area contributed by atoms with Gasteiger partial charge in [0, 0.05) is 16.3 Å². The second kappa shape index (κ2) is 9.52. The molecule has 0 unspecified atom stereocenters. The van der Waals surface area contributed by atoms with E-state index in [2.05, 4.69) is 36.1 Å². The summed E-state index contributed by atoms with van der Waals surface area (Å²) in [7, 11) is 0. The molecule has 1 N–H and O–H groups in total. The number of hydrogen-bond donors (Lipinski definition) is 1. The molecule has 1 amide bonds. The highest BCUT2D eigenvalue weighted by Gasteiger charge is 2.20. The lowest BCUT2D eigenvalue weighted by molar-refractivity contribution is 0.101. The topological polar surface area (TPSA) is 59.8 Å². The first-order valence-electron chi connectivity index (χ1n) is 9.31. The van der Waals surface area contributed by atoms with Crippen LogP contribution in [0.4, 0.5) is 10.1 Å². The van der Waals surface area contributed by atoms with Crippen molar-refractivity contribution in [1.29, 1.82) is 0 Å². The molecule has 0 spiro atoms. The Balaban J connectivity index is 1.78. The van der Waals surface area contributed by atoms with E-state index in [1.54, 1.807) is 18.2 Å². The Hall–Kier alpha value is -2.93. The summed E-state index contributed by atoms with van der Waals surface area (Å²) in [6, 6.07) is 14.0. The minimum atomic E-state index is -0.283. The largest absolute Gasteiger partial charge is 0.321 e. The van der Waals surface area contributed by atoms with Crippen LogP contribution < -0.4 is 5.32 Å². The van der Waals surface area contributed by atoms with Gasteiger partial charge in [-0.15, -0.1) is 23.4 Å². The number of hydrogen-bond acceptors (Lipinski definition) is 4. The zero-order valence-electron chi connectivity index (χ0n) is 16.4. The summed E-state index contributed by atoms with van der Waals surface area (Å²) in [4.78, 5) is 13.9. The van der Waals surface area contributed by atoms with Crippen molar-refractivity contribution in [1.82, 2.24) is 15.0 Å². The number of benzene rings is 2. The minimum absolute atomic E-state index is 0.274. The molecule has 150 valence electrons. The Labute approximate surface area is 174 Å². The third kappa shape index (κ3) is 5.32. The van der Waals surface area contributed by atoms with Crippen molar-refractivity contribution in [2.75, 3.05) is 5.32 Å². The number of anilines is 1. The van der Waals surface area contributed by atoms with Gasteiger partial charge in [0.2, 0.25) is 0 Å². The lowest BCUT2D eigenvalue weighted by Gasteiger charge is -2.10. The highest BCUT2D eigenvalue weighted by atomic mass is 32.2. The summed E-state index contributed by atoms with van der Waals surface area (Å²) in [5, 5.41) is 11.2. The van der Waals surface area contributed by atoms with Crippen LogP contribution in [0.15, 0.2) is 66.1 Å². The number of aromatic nitrogens is 3. The van der Waals surface area contributed by atoms with Crippen LogP contribution in [0, 0.1) is 5.82 Å². The smallest absolute Gasteiger partial charge is 0.275 e. The maximum absolute atomic E-state index is 13.1. The fourth-order valence-electron chi connectivity index (χ4n) is 2.77. The van der Waals surface area contributed by atoms with Crippen LogP contribution in [-0.4, -0.2) is 20.9 Å². The molecule has 5 nitrogen and oxygen atoms in total. The van der Waals surface area contributed by atoms with Crippen molar-refractivity contribution in [2.45, 2.75) is 37.0 Å². The van der Waals surface area contributed by atoms with Gasteiger partial charge in [-0.25, -0.2) is 9.07 Å². The van der Waals surface area contributed by atoms with Crippen LogP contribution in [0.25, 0.3) is 0 Å². The van der Waals surface area contributed by atoms with Crippen LogP contribution in [0.2, 0.25) is 0 Å².